The molecule has 0 bridgehead atoms. The molecule has 2 aliphatic rings. The molecular weight excluding hydrogens is 1070 g/mol. The molecule has 0 fully saturated rings. The van der Waals surface area contributed by atoms with E-state index < -0.39 is 49.1 Å². The molecule has 2 aromatic carbocycles. The van der Waals surface area contributed by atoms with E-state index in [0.717, 1.165) is 10.4 Å². The highest BCUT2D eigenvalue weighted by Crippen LogP contribution is 2.51. The number of aliphatic hydroxyl groups excluding tert-OH is 1. The minimum absolute atomic E-state index is 0.0189. The molecule has 3 aromatic rings. The van der Waals surface area contributed by atoms with E-state index in [1.54, 1.807) is 12.1 Å². The van der Waals surface area contributed by atoms with Gasteiger partial charge in [0.15, 0.2) is 11.1 Å². The van der Waals surface area contributed by atoms with Crippen LogP contribution >= 0.6 is 0 Å². The molecule has 0 spiro atoms. The van der Waals surface area contributed by atoms with E-state index in [1.807, 2.05) is 49.1 Å². The number of benzene rings is 2. The molecule has 0 aliphatic carbocycles. The molecule has 0 radical (unpaired) electrons. The maximum absolute atomic E-state index is 13.5. The fourth-order valence-corrected chi connectivity index (χ4v) is 11.1. The van der Waals surface area contributed by atoms with Gasteiger partial charge in [0.2, 0.25) is 35.8 Å². The van der Waals surface area contributed by atoms with Crippen molar-refractivity contribution < 1.29 is 69.2 Å². The zero-order valence-electron chi connectivity index (χ0n) is 44.5. The average molecular weight is 1150 g/mol. The van der Waals surface area contributed by atoms with Gasteiger partial charge in [0.05, 0.1) is 15.5 Å². The van der Waals surface area contributed by atoms with Crippen molar-refractivity contribution in [1.29, 1.82) is 0 Å². The number of carbonyl (C=O) groups is 3. The van der Waals surface area contributed by atoms with E-state index in [2.05, 4.69) is 21.3 Å². The Morgan fingerprint density at radius 2 is 1.49 bits per heavy atom. The van der Waals surface area contributed by atoms with Gasteiger partial charge in [-0.2, -0.15) is 16.8 Å². The van der Waals surface area contributed by atoms with Crippen molar-refractivity contribution in [3.05, 3.63) is 95.7 Å². The highest BCUT2D eigenvalue weighted by atomic mass is 32.2. The van der Waals surface area contributed by atoms with Crippen molar-refractivity contribution >= 4 is 60.4 Å². The van der Waals surface area contributed by atoms with E-state index in [4.69, 9.17) is 4.84 Å². The van der Waals surface area contributed by atoms with Gasteiger partial charge in [0.25, 0.3) is 20.2 Å². The summed E-state index contributed by atoms with van der Waals surface area (Å²) in [6, 6.07) is 10.5. The Hall–Kier alpha value is -5.76. The number of hydrogen-bond acceptors (Lipinski definition) is 14. The summed E-state index contributed by atoms with van der Waals surface area (Å²) in [6.07, 6.45) is 17.0. The van der Waals surface area contributed by atoms with Gasteiger partial charge in [0.1, 0.15) is 6.04 Å². The summed E-state index contributed by atoms with van der Waals surface area (Å²) in [6.45, 7) is 5.45. The Bertz CT molecular complexity index is 2820. The van der Waals surface area contributed by atoms with Crippen LogP contribution in [0.4, 0.5) is 11.4 Å². The lowest BCUT2D eigenvalue weighted by Crippen LogP contribution is -2.47. The van der Waals surface area contributed by atoms with Gasteiger partial charge in [0, 0.05) is 80.1 Å². The smallest absolute Gasteiger partial charge is 0.294 e. The number of amides is 3. The molecule has 5 unspecified atom stereocenters. The van der Waals surface area contributed by atoms with Gasteiger partial charge in [-0.15, -0.1) is 4.73 Å². The third kappa shape index (κ3) is 19.6. The number of rotatable bonds is 15. The van der Waals surface area contributed by atoms with Crippen molar-refractivity contribution in [3.63, 3.8) is 0 Å². The monoisotopic (exact) mass is 1150 g/mol. The lowest BCUT2D eigenvalue weighted by Gasteiger charge is -2.30. The SMILES string of the molecule is CC1CC=CC=CC=C2N(CCCS(=O)O)c3ccc(S(=O)(=O)O)cc3C2(C)CCCCCC(=O)NCCCCC(C(=O)NCCCCCC(O)On2c(O)ccc2O)NC(=O)CCCCCNc2ccc(S(=O)(=O)O)cc21. The summed E-state index contributed by atoms with van der Waals surface area (Å²) < 4.78 is 91.3. The first kappa shape index (κ1) is 63.1. The Labute approximate surface area is 460 Å². The van der Waals surface area contributed by atoms with Crippen molar-refractivity contribution in [2.24, 2.45) is 0 Å². The van der Waals surface area contributed by atoms with Gasteiger partial charge in [-0.1, -0.05) is 56.9 Å². The molecule has 21 nitrogen and oxygen atoms in total. The Kier molecular flexibility index (Phi) is 24.7. The van der Waals surface area contributed by atoms with E-state index >= 15 is 0 Å². The van der Waals surface area contributed by atoms with Crippen molar-refractivity contribution in [2.75, 3.05) is 42.1 Å². The van der Waals surface area contributed by atoms with Crippen LogP contribution < -0.4 is 31.0 Å². The van der Waals surface area contributed by atoms with E-state index in [9.17, 15) is 64.4 Å². The van der Waals surface area contributed by atoms with Crippen LogP contribution in [0.2, 0.25) is 0 Å². The van der Waals surface area contributed by atoms with Crippen LogP contribution in [-0.2, 0) is 51.1 Å². The standard InChI is InChI=1S/C54H78N6O15S3/c1-39-19-8-3-4-9-21-47-54(2,43-38-41(78(72,73)74)26-28-46(43)59(47)35-18-36-76(67)68)31-14-5-10-22-48(61)56-33-17-13-20-45(53(66)57-34-16-7-12-24-52(65)75-60-50(63)29-30-51(60)64)58-49(62)23-11-6-15-32-55-44-27-25-40(37-42(39)44)77(69,70)71/h3-4,8-9,21,25-30,37-39,45,52,55,63-65H,5-7,10-20,22-24,31-36H2,1-2H3,(H,56,61)(H,57,66)(H,58,62)(H,67,68)(H,69,70,71)(H,72,73,74). The second-order valence-electron chi connectivity index (χ2n) is 20.1. The summed E-state index contributed by atoms with van der Waals surface area (Å²) in [7, 11) is -9.07. The maximum atomic E-state index is 13.5. The molecule has 3 amide bonds. The van der Waals surface area contributed by atoms with E-state index in [1.165, 1.54) is 36.4 Å². The molecule has 0 saturated heterocycles. The molecule has 10 N–H and O–H groups in total. The van der Waals surface area contributed by atoms with Gasteiger partial charge < -0.3 is 50.9 Å². The highest BCUT2D eigenvalue weighted by molar-refractivity contribution is 7.86. The van der Waals surface area contributed by atoms with Gasteiger partial charge in [-0.05, 0) is 137 Å². The second-order valence-corrected chi connectivity index (χ2v) is 23.9. The molecule has 1 aromatic heterocycles. The highest BCUT2D eigenvalue weighted by Gasteiger charge is 2.43. The molecule has 3 heterocycles. The number of unbranched alkanes of at least 4 members (excludes halogenated alkanes) is 2. The lowest BCUT2D eigenvalue weighted by atomic mass is 9.77. The lowest BCUT2D eigenvalue weighted by molar-refractivity contribution is -0.129. The topological polar surface area (TPSA) is 323 Å². The van der Waals surface area contributed by atoms with Crippen molar-refractivity contribution in [3.8, 4) is 11.8 Å². The van der Waals surface area contributed by atoms with Gasteiger partial charge in [-0.3, -0.25) is 23.5 Å². The van der Waals surface area contributed by atoms with Crippen molar-refractivity contribution in [2.45, 2.75) is 163 Å². The van der Waals surface area contributed by atoms with Crippen LogP contribution in [0.3, 0.4) is 0 Å². The number of anilines is 2. The molecule has 5 atom stereocenters. The van der Waals surface area contributed by atoms with E-state index in [0.29, 0.717) is 145 Å². The number of aromatic hydroxyl groups is 2. The molecule has 78 heavy (non-hydrogen) atoms. The predicted octanol–water partition coefficient (Wildman–Crippen LogP) is 7.10. The number of nitrogens with one attached hydrogen (secondary N) is 4. The fourth-order valence-electron chi connectivity index (χ4n) is 9.73. The summed E-state index contributed by atoms with van der Waals surface area (Å²) in [5.41, 5.74) is 2.76. The Balaban J connectivity index is 1.29. The first-order chi connectivity index (χ1) is 37.1. The summed E-state index contributed by atoms with van der Waals surface area (Å²) in [5.74, 6) is -1.68. The van der Waals surface area contributed by atoms with Crippen LogP contribution in [0, 0.1) is 0 Å². The number of aliphatic hydroxyl groups is 1. The molecule has 432 valence electrons. The van der Waals surface area contributed by atoms with Crippen LogP contribution in [0.5, 0.6) is 11.8 Å². The average Bonchev–Trinajstić information content (AvgIpc) is 3.95. The van der Waals surface area contributed by atoms with Gasteiger partial charge >= 0.3 is 0 Å². The third-order valence-corrected chi connectivity index (χ3v) is 16.3. The molecule has 5 rings (SSSR count). The number of fused-ring (bicyclic) bond motifs is 4. The minimum atomic E-state index is -4.57. The first-order valence-electron chi connectivity index (χ1n) is 26.7. The predicted molar refractivity (Wildman–Crippen MR) is 298 cm³/mol. The van der Waals surface area contributed by atoms with Crippen LogP contribution in [0.1, 0.15) is 146 Å². The fraction of sp³-hybridized carbons (Fsp3) is 0.537. The number of hydrogen-bond donors (Lipinski definition) is 10. The number of nitrogens with zero attached hydrogens (tertiary/aromatic N) is 2. The number of allylic oxidation sites excluding steroid dienone is 6. The zero-order chi connectivity index (χ0) is 56.9. The van der Waals surface area contributed by atoms with Gasteiger partial charge in [-0.25, -0.2) is 4.21 Å². The molecule has 2 aliphatic heterocycles. The van der Waals surface area contributed by atoms with Crippen LogP contribution in [-0.4, -0.2) is 117 Å². The van der Waals surface area contributed by atoms with E-state index in [-0.39, 0.29) is 70.2 Å². The summed E-state index contributed by atoms with van der Waals surface area (Å²) >= 11 is -2.04. The van der Waals surface area contributed by atoms with Crippen LogP contribution in [0.25, 0.3) is 0 Å². The minimum Gasteiger partial charge on any atom is -0.492 e. The normalized spacial score (nSPS) is 21.0. The van der Waals surface area contributed by atoms with Crippen molar-refractivity contribution in [1.82, 2.24) is 20.7 Å². The second kappa shape index (κ2) is 30.6. The largest absolute Gasteiger partial charge is 0.492 e. The number of aromatic nitrogens is 1. The maximum Gasteiger partial charge on any atom is 0.294 e. The zero-order valence-corrected chi connectivity index (χ0v) is 46.9. The molecule has 0 saturated carbocycles. The van der Waals surface area contributed by atoms with Crippen LogP contribution in [0.15, 0.2) is 94.4 Å². The summed E-state index contributed by atoms with van der Waals surface area (Å²) in [5, 5.41) is 41.8. The third-order valence-electron chi connectivity index (χ3n) is 14.0. The first-order valence-corrected chi connectivity index (χ1v) is 30.9. The quantitative estimate of drug-likeness (QED) is 0.0314. The Morgan fingerprint density at radius 1 is 0.821 bits per heavy atom. The number of carbonyl (C=O) groups excluding carboxylic acids is 3. The molecule has 24 heteroatoms. The Morgan fingerprint density at radius 3 is 2.21 bits per heavy atom. The molecular formula is C54H78N6O15S3. The summed E-state index contributed by atoms with van der Waals surface area (Å²) in [4.78, 5) is 46.4.